The zero-order valence-electron chi connectivity index (χ0n) is 12.5. The van der Waals surface area contributed by atoms with Crippen molar-refractivity contribution in [2.24, 2.45) is 0 Å². The van der Waals surface area contributed by atoms with Gasteiger partial charge < -0.3 is 10.1 Å². The molecule has 0 heterocycles. The van der Waals surface area contributed by atoms with Crippen LogP contribution in [0.25, 0.3) is 0 Å². The maximum absolute atomic E-state index is 12.7. The Labute approximate surface area is 128 Å². The summed E-state index contributed by atoms with van der Waals surface area (Å²) in [7, 11) is 0. The number of carbonyl (C=O) groups excluding carboxylic acids is 1. The van der Waals surface area contributed by atoms with Gasteiger partial charge in [0, 0.05) is 6.04 Å². The second-order valence-electron chi connectivity index (χ2n) is 5.19. The summed E-state index contributed by atoms with van der Waals surface area (Å²) in [5.74, 6) is 0. The quantitative estimate of drug-likeness (QED) is 0.791. The Morgan fingerprint density at radius 3 is 1.74 bits per heavy atom. The summed E-state index contributed by atoms with van der Waals surface area (Å²) < 4.78 is 81.3. The Morgan fingerprint density at radius 2 is 1.39 bits per heavy atom. The molecule has 9 heteroatoms. The van der Waals surface area contributed by atoms with Gasteiger partial charge in [0.25, 0.3) is 0 Å². The van der Waals surface area contributed by atoms with Crippen molar-refractivity contribution < 1.29 is 35.9 Å². The summed E-state index contributed by atoms with van der Waals surface area (Å²) in [4.78, 5) is 11.4. The van der Waals surface area contributed by atoms with Crippen molar-refractivity contribution in [1.29, 1.82) is 0 Å². The van der Waals surface area contributed by atoms with Gasteiger partial charge in [0.1, 0.15) is 6.10 Å². The number of carbonyl (C=O) groups is 1. The lowest BCUT2D eigenvalue weighted by molar-refractivity contribution is -0.143. The lowest BCUT2D eigenvalue weighted by Crippen LogP contribution is -2.31. The Morgan fingerprint density at radius 1 is 0.957 bits per heavy atom. The topological polar surface area (TPSA) is 38.3 Å². The largest absolute Gasteiger partial charge is 0.442 e. The number of benzene rings is 1. The fourth-order valence-corrected chi connectivity index (χ4v) is 1.71. The Hall–Kier alpha value is -1.93. The predicted octanol–water partition coefficient (Wildman–Crippen LogP) is 4.92. The van der Waals surface area contributed by atoms with Crippen LogP contribution in [0.2, 0.25) is 0 Å². The Kier molecular flexibility index (Phi) is 5.55. The zero-order valence-corrected chi connectivity index (χ0v) is 12.5. The lowest BCUT2D eigenvalue weighted by Gasteiger charge is -2.19. The van der Waals surface area contributed by atoms with Crippen LogP contribution in [0, 0.1) is 0 Å². The molecule has 1 rings (SSSR count). The maximum Gasteiger partial charge on any atom is 0.416 e. The van der Waals surface area contributed by atoms with E-state index >= 15 is 0 Å². The van der Waals surface area contributed by atoms with E-state index in [1.165, 1.54) is 6.92 Å². The highest BCUT2D eigenvalue weighted by Gasteiger charge is 2.37. The van der Waals surface area contributed by atoms with Crippen molar-refractivity contribution in [3.8, 4) is 0 Å². The summed E-state index contributed by atoms with van der Waals surface area (Å²) in [5.41, 5.74) is -3.31. The molecule has 0 aromatic heterocycles. The van der Waals surface area contributed by atoms with E-state index in [2.05, 4.69) is 5.32 Å². The molecule has 0 aliphatic rings. The van der Waals surface area contributed by atoms with Gasteiger partial charge >= 0.3 is 18.4 Å². The molecule has 0 saturated heterocycles. The standard InChI is InChI=1S/C14H15F6NO2/c1-7(2)21-12(22)23-8(3)9-4-10(13(15,16)17)6-11(5-9)14(18,19)20/h4-8H,1-3H3,(H,21,22). The van der Waals surface area contributed by atoms with Crippen molar-refractivity contribution in [1.82, 2.24) is 5.32 Å². The third-order valence-electron chi connectivity index (χ3n) is 2.77. The second kappa shape index (κ2) is 6.67. The van der Waals surface area contributed by atoms with Crippen LogP contribution in [-0.4, -0.2) is 12.1 Å². The van der Waals surface area contributed by atoms with Gasteiger partial charge in [0.05, 0.1) is 11.1 Å². The van der Waals surface area contributed by atoms with Crippen molar-refractivity contribution in [3.05, 3.63) is 34.9 Å². The van der Waals surface area contributed by atoms with Crippen LogP contribution in [0.4, 0.5) is 31.1 Å². The molecule has 23 heavy (non-hydrogen) atoms. The first-order valence-corrected chi connectivity index (χ1v) is 6.57. The highest BCUT2D eigenvalue weighted by molar-refractivity contribution is 5.67. The minimum absolute atomic E-state index is 0.0183. The van der Waals surface area contributed by atoms with Crippen molar-refractivity contribution >= 4 is 6.09 Å². The van der Waals surface area contributed by atoms with Gasteiger partial charge in [-0.15, -0.1) is 0 Å². The first-order valence-electron chi connectivity index (χ1n) is 6.57. The molecule has 1 N–H and O–H groups in total. The normalized spacial score (nSPS) is 13.8. The van der Waals surface area contributed by atoms with Gasteiger partial charge in [-0.3, -0.25) is 0 Å². The summed E-state index contributed by atoms with van der Waals surface area (Å²) in [6, 6.07) is 0.789. The molecule has 0 spiro atoms. The molecule has 1 aromatic carbocycles. The fourth-order valence-electron chi connectivity index (χ4n) is 1.71. The smallest absolute Gasteiger partial charge is 0.416 e. The first kappa shape index (κ1) is 19.1. The van der Waals surface area contributed by atoms with E-state index < -0.39 is 41.2 Å². The number of halogens is 6. The van der Waals surface area contributed by atoms with Crippen LogP contribution in [0.1, 0.15) is 43.6 Å². The Balaban J connectivity index is 3.17. The summed E-state index contributed by atoms with van der Waals surface area (Å²) in [6.45, 7) is 4.44. The molecule has 0 aliphatic heterocycles. The molecular weight excluding hydrogens is 328 g/mol. The number of ether oxygens (including phenoxy) is 1. The molecule has 0 saturated carbocycles. The fraction of sp³-hybridized carbons (Fsp3) is 0.500. The molecular formula is C14H15F6NO2. The monoisotopic (exact) mass is 343 g/mol. The molecule has 1 unspecified atom stereocenters. The summed E-state index contributed by atoms with van der Waals surface area (Å²) >= 11 is 0. The highest BCUT2D eigenvalue weighted by atomic mass is 19.4. The van der Waals surface area contributed by atoms with E-state index in [1.807, 2.05) is 0 Å². The number of alkyl carbamates (subject to hydrolysis) is 1. The molecule has 0 aliphatic carbocycles. The molecule has 1 aromatic rings. The average Bonchev–Trinajstić information content (AvgIpc) is 2.34. The van der Waals surface area contributed by atoms with Gasteiger partial charge in [-0.1, -0.05) is 0 Å². The van der Waals surface area contributed by atoms with E-state index in [4.69, 9.17) is 4.74 Å². The first-order chi connectivity index (χ1) is 10.3. The van der Waals surface area contributed by atoms with Crippen LogP contribution < -0.4 is 5.32 Å². The molecule has 0 fully saturated rings. The molecule has 0 bridgehead atoms. The van der Waals surface area contributed by atoms with Crippen LogP contribution in [0.3, 0.4) is 0 Å². The van der Waals surface area contributed by atoms with E-state index in [-0.39, 0.29) is 12.1 Å². The van der Waals surface area contributed by atoms with E-state index in [9.17, 15) is 31.1 Å². The van der Waals surface area contributed by atoms with Crippen molar-refractivity contribution in [2.45, 2.75) is 45.3 Å². The molecule has 0 radical (unpaired) electrons. The molecule has 1 atom stereocenters. The van der Waals surface area contributed by atoms with Gasteiger partial charge in [-0.2, -0.15) is 26.3 Å². The Bertz CT molecular complexity index is 533. The number of nitrogens with one attached hydrogen (secondary N) is 1. The number of hydrogen-bond donors (Lipinski definition) is 1. The van der Waals surface area contributed by atoms with Crippen LogP contribution in [0.15, 0.2) is 18.2 Å². The SMILES string of the molecule is CC(C)NC(=O)OC(C)c1cc(C(F)(F)F)cc(C(F)(F)F)c1. The van der Waals surface area contributed by atoms with Gasteiger partial charge in [0.2, 0.25) is 0 Å². The highest BCUT2D eigenvalue weighted by Crippen LogP contribution is 2.37. The number of hydrogen-bond acceptors (Lipinski definition) is 2. The van der Waals surface area contributed by atoms with Gasteiger partial charge in [0.15, 0.2) is 0 Å². The van der Waals surface area contributed by atoms with E-state index in [0.717, 1.165) is 0 Å². The molecule has 1 amide bonds. The summed E-state index contributed by atoms with van der Waals surface area (Å²) in [5, 5.41) is 2.33. The number of alkyl halides is 6. The zero-order chi connectivity index (χ0) is 18.0. The molecule has 130 valence electrons. The summed E-state index contributed by atoms with van der Waals surface area (Å²) in [6.07, 6.45) is -12.1. The minimum Gasteiger partial charge on any atom is -0.442 e. The number of rotatable bonds is 3. The van der Waals surface area contributed by atoms with Crippen molar-refractivity contribution in [3.63, 3.8) is 0 Å². The average molecular weight is 343 g/mol. The van der Waals surface area contributed by atoms with E-state index in [1.54, 1.807) is 13.8 Å². The van der Waals surface area contributed by atoms with Gasteiger partial charge in [-0.25, -0.2) is 4.79 Å². The van der Waals surface area contributed by atoms with E-state index in [0.29, 0.717) is 12.1 Å². The second-order valence-corrected chi connectivity index (χ2v) is 5.19. The third kappa shape index (κ3) is 5.65. The lowest BCUT2D eigenvalue weighted by atomic mass is 10.0. The maximum atomic E-state index is 12.7. The van der Waals surface area contributed by atoms with Crippen molar-refractivity contribution in [2.75, 3.05) is 0 Å². The van der Waals surface area contributed by atoms with Crippen LogP contribution in [0.5, 0.6) is 0 Å². The number of amides is 1. The third-order valence-corrected chi connectivity index (χ3v) is 2.77. The molecule has 3 nitrogen and oxygen atoms in total. The predicted molar refractivity (Wildman–Crippen MR) is 69.6 cm³/mol. The van der Waals surface area contributed by atoms with Gasteiger partial charge in [-0.05, 0) is 44.5 Å². The minimum atomic E-state index is -4.95. The van der Waals surface area contributed by atoms with Crippen LogP contribution in [-0.2, 0) is 17.1 Å². The van der Waals surface area contributed by atoms with Crippen LogP contribution >= 0.6 is 0 Å².